The van der Waals surface area contributed by atoms with Crippen LogP contribution in [-0.4, -0.2) is 5.16 Å². The average Bonchev–Trinajstić information content (AvgIpc) is 2.55. The van der Waals surface area contributed by atoms with E-state index < -0.39 is 0 Å². The van der Waals surface area contributed by atoms with Crippen molar-refractivity contribution in [2.45, 2.75) is 0 Å². The molecule has 0 aliphatic carbocycles. The highest BCUT2D eigenvalue weighted by molar-refractivity contribution is 7.19. The molecule has 0 aromatic carbocycles. The van der Waals surface area contributed by atoms with Crippen LogP contribution in [0.15, 0.2) is 29.0 Å². The number of nitrogens with zero attached hydrogens (tertiary/aromatic N) is 1. The van der Waals surface area contributed by atoms with Crippen LogP contribution in [0.3, 0.4) is 0 Å². The molecule has 0 unspecified atom stereocenters. The molecule has 2 heterocycles. The zero-order valence-electron chi connectivity index (χ0n) is 5.45. The van der Waals surface area contributed by atoms with E-state index in [0.29, 0.717) is 0 Å². The Balaban J connectivity index is 2.45. The first-order valence-electron chi connectivity index (χ1n) is 3.02. The van der Waals surface area contributed by atoms with Gasteiger partial charge in [-0.1, -0.05) is 16.8 Å². The minimum atomic E-state index is 0.767. The predicted octanol–water partition coefficient (Wildman–Crippen LogP) is 3.06. The Morgan fingerprint density at radius 2 is 2.27 bits per heavy atom. The van der Waals surface area contributed by atoms with Crippen LogP contribution in [0.4, 0.5) is 0 Å². The Bertz CT molecular complexity index is 341. The minimum Gasteiger partial charge on any atom is -0.364 e. The van der Waals surface area contributed by atoms with Gasteiger partial charge in [-0.3, -0.25) is 0 Å². The van der Waals surface area contributed by atoms with Gasteiger partial charge in [0.2, 0.25) is 0 Å². The monoisotopic (exact) mass is 185 g/mol. The van der Waals surface area contributed by atoms with Crippen LogP contribution in [0.5, 0.6) is 0 Å². The maximum Gasteiger partial charge on any atom is 0.124 e. The summed E-state index contributed by atoms with van der Waals surface area (Å²) in [5.74, 6) is 0. The van der Waals surface area contributed by atoms with Gasteiger partial charge in [0.05, 0.1) is 9.21 Å². The average molecular weight is 186 g/mol. The van der Waals surface area contributed by atoms with Crippen molar-refractivity contribution in [1.29, 1.82) is 0 Å². The molecule has 0 saturated heterocycles. The van der Waals surface area contributed by atoms with Crippen molar-refractivity contribution < 1.29 is 4.52 Å². The second-order valence-electron chi connectivity index (χ2n) is 1.99. The van der Waals surface area contributed by atoms with E-state index in [1.807, 2.05) is 18.2 Å². The zero-order chi connectivity index (χ0) is 7.68. The van der Waals surface area contributed by atoms with Gasteiger partial charge >= 0.3 is 0 Å². The molecule has 0 spiro atoms. The smallest absolute Gasteiger partial charge is 0.124 e. The minimum absolute atomic E-state index is 0.767. The second kappa shape index (κ2) is 2.68. The normalized spacial score (nSPS) is 10.3. The summed E-state index contributed by atoms with van der Waals surface area (Å²) in [6.07, 6.45) is 1.54. The molecule has 2 nitrogen and oxygen atoms in total. The van der Waals surface area contributed by atoms with Gasteiger partial charge in [0.25, 0.3) is 0 Å². The zero-order valence-corrected chi connectivity index (χ0v) is 7.02. The van der Waals surface area contributed by atoms with Gasteiger partial charge in [-0.25, -0.2) is 0 Å². The van der Waals surface area contributed by atoms with E-state index in [0.717, 1.165) is 14.9 Å². The van der Waals surface area contributed by atoms with Crippen LogP contribution in [0.2, 0.25) is 4.34 Å². The third kappa shape index (κ3) is 1.29. The van der Waals surface area contributed by atoms with Crippen LogP contribution in [0, 0.1) is 0 Å². The molecule has 0 aliphatic rings. The molecule has 0 fully saturated rings. The Labute approximate surface area is 72.4 Å². The summed E-state index contributed by atoms with van der Waals surface area (Å²) >= 11 is 7.23. The Hall–Kier alpha value is -0.800. The van der Waals surface area contributed by atoms with Crippen molar-refractivity contribution >= 4 is 22.9 Å². The van der Waals surface area contributed by atoms with Crippen molar-refractivity contribution in [3.63, 3.8) is 0 Å². The summed E-state index contributed by atoms with van der Waals surface area (Å²) in [4.78, 5) is 1.03. The molecular weight excluding hydrogens is 182 g/mol. The van der Waals surface area contributed by atoms with Gasteiger partial charge in [-0.15, -0.1) is 11.3 Å². The molecule has 0 aliphatic heterocycles. The molecule has 0 bridgehead atoms. The third-order valence-electron chi connectivity index (χ3n) is 1.26. The Morgan fingerprint density at radius 3 is 2.82 bits per heavy atom. The highest BCUT2D eigenvalue weighted by Crippen LogP contribution is 2.29. The summed E-state index contributed by atoms with van der Waals surface area (Å²) in [5.41, 5.74) is 0.835. The van der Waals surface area contributed by atoms with Crippen molar-refractivity contribution in [3.8, 4) is 10.6 Å². The van der Waals surface area contributed by atoms with E-state index in [1.165, 1.54) is 11.3 Å². The van der Waals surface area contributed by atoms with E-state index >= 15 is 0 Å². The maximum atomic E-state index is 5.74. The largest absolute Gasteiger partial charge is 0.364 e. The fourth-order valence-electron chi connectivity index (χ4n) is 0.792. The van der Waals surface area contributed by atoms with Gasteiger partial charge in [0.1, 0.15) is 12.0 Å². The topological polar surface area (TPSA) is 26.0 Å². The van der Waals surface area contributed by atoms with Crippen LogP contribution in [-0.2, 0) is 0 Å². The first-order chi connectivity index (χ1) is 5.36. The molecule has 0 radical (unpaired) electrons. The molecule has 11 heavy (non-hydrogen) atoms. The highest BCUT2D eigenvalue weighted by Gasteiger charge is 2.02. The first-order valence-corrected chi connectivity index (χ1v) is 4.22. The summed E-state index contributed by atoms with van der Waals surface area (Å²) < 4.78 is 5.46. The van der Waals surface area contributed by atoms with E-state index in [1.54, 1.807) is 6.26 Å². The number of hydrogen-bond donors (Lipinski definition) is 0. The van der Waals surface area contributed by atoms with E-state index in [4.69, 9.17) is 16.1 Å². The lowest BCUT2D eigenvalue weighted by Crippen LogP contribution is -1.65. The van der Waals surface area contributed by atoms with E-state index in [2.05, 4.69) is 5.16 Å². The summed E-state index contributed by atoms with van der Waals surface area (Å²) in [5, 5.41) is 3.78. The summed E-state index contributed by atoms with van der Waals surface area (Å²) in [6, 6.07) is 5.57. The quantitative estimate of drug-likeness (QED) is 0.683. The number of aromatic nitrogens is 1. The molecule has 4 heteroatoms. The third-order valence-corrected chi connectivity index (χ3v) is 2.52. The van der Waals surface area contributed by atoms with Crippen LogP contribution in [0.25, 0.3) is 10.6 Å². The summed E-state index contributed by atoms with van der Waals surface area (Å²) in [7, 11) is 0. The lowest BCUT2D eigenvalue weighted by Gasteiger charge is -1.82. The predicted molar refractivity (Wildman–Crippen MR) is 44.8 cm³/mol. The molecule has 0 saturated carbocycles. The Morgan fingerprint density at radius 1 is 1.36 bits per heavy atom. The van der Waals surface area contributed by atoms with E-state index in [-0.39, 0.29) is 0 Å². The number of hydrogen-bond acceptors (Lipinski definition) is 3. The molecule has 56 valence electrons. The molecule has 2 aromatic rings. The number of thiophene rings is 1. The Kier molecular flexibility index (Phi) is 1.68. The second-order valence-corrected chi connectivity index (χ2v) is 3.70. The van der Waals surface area contributed by atoms with Gasteiger partial charge < -0.3 is 4.52 Å². The fourth-order valence-corrected chi connectivity index (χ4v) is 1.80. The van der Waals surface area contributed by atoms with Crippen LogP contribution < -0.4 is 0 Å². The molecule has 0 amide bonds. The van der Waals surface area contributed by atoms with Crippen LogP contribution in [0.1, 0.15) is 0 Å². The fraction of sp³-hybridized carbons (Fsp3) is 0. The van der Waals surface area contributed by atoms with Crippen LogP contribution >= 0.6 is 22.9 Å². The molecule has 2 rings (SSSR count). The molecule has 0 N–H and O–H groups in total. The van der Waals surface area contributed by atoms with Gasteiger partial charge in [0.15, 0.2) is 0 Å². The lowest BCUT2D eigenvalue weighted by molar-refractivity contribution is 0.422. The lowest BCUT2D eigenvalue weighted by atomic mass is 10.4. The van der Waals surface area contributed by atoms with Crippen molar-refractivity contribution in [2.24, 2.45) is 0 Å². The molecule has 0 atom stereocenters. The number of halogens is 1. The van der Waals surface area contributed by atoms with Crippen molar-refractivity contribution in [1.82, 2.24) is 5.16 Å². The van der Waals surface area contributed by atoms with Gasteiger partial charge in [-0.05, 0) is 12.1 Å². The van der Waals surface area contributed by atoms with Gasteiger partial charge in [0, 0.05) is 6.07 Å². The standard InChI is InChI=1S/C7H4ClNOS/c8-7-2-1-6(11-7)5-3-4-10-9-5/h1-4H. The first kappa shape index (κ1) is 6.88. The van der Waals surface area contributed by atoms with Crippen molar-refractivity contribution in [2.75, 3.05) is 0 Å². The molecule has 2 aromatic heterocycles. The van der Waals surface area contributed by atoms with Gasteiger partial charge in [-0.2, -0.15) is 0 Å². The number of rotatable bonds is 1. The molecular formula is C7H4ClNOS. The maximum absolute atomic E-state index is 5.74. The van der Waals surface area contributed by atoms with E-state index in [9.17, 15) is 0 Å². The highest BCUT2D eigenvalue weighted by atomic mass is 35.5. The van der Waals surface area contributed by atoms with Crippen molar-refractivity contribution in [3.05, 3.63) is 28.8 Å². The summed E-state index contributed by atoms with van der Waals surface area (Å²) in [6.45, 7) is 0. The SMILES string of the molecule is Clc1ccc(-c2ccon2)s1.